The van der Waals surface area contributed by atoms with Crippen LogP contribution in [0, 0.1) is 0 Å². The third kappa shape index (κ3) is 3.58. The lowest BCUT2D eigenvalue weighted by Crippen LogP contribution is -2.53. The fourth-order valence-electron chi connectivity index (χ4n) is 2.43. The maximum absolute atomic E-state index is 12.5. The lowest BCUT2D eigenvalue weighted by atomic mass is 10.2. The van der Waals surface area contributed by atoms with E-state index in [1.165, 1.54) is 0 Å². The number of carbonyl (C=O) groups is 1. The van der Waals surface area contributed by atoms with E-state index in [9.17, 15) is 4.79 Å². The highest BCUT2D eigenvalue weighted by atomic mass is 16.3. The minimum Gasteiger partial charge on any atom is -0.468 e. The third-order valence-electron chi connectivity index (χ3n) is 3.68. The number of piperazine rings is 1. The maximum atomic E-state index is 12.5. The van der Waals surface area contributed by atoms with Gasteiger partial charge in [0.15, 0.2) is 0 Å². The number of likely N-dealkylation sites (N-methyl/N-ethyl adjacent to an activating group) is 1. The second-order valence-corrected chi connectivity index (χ2v) is 4.89. The average Bonchev–Trinajstić information content (AvgIpc) is 2.97. The van der Waals surface area contributed by atoms with Gasteiger partial charge in [-0.1, -0.05) is 6.92 Å². The fraction of sp³-hybridized carbons (Fsp3) is 0.643. The molecule has 0 bridgehead atoms. The van der Waals surface area contributed by atoms with Gasteiger partial charge in [0.25, 0.3) is 0 Å². The number of furan rings is 1. The lowest BCUT2D eigenvalue weighted by molar-refractivity contribution is -0.137. The van der Waals surface area contributed by atoms with E-state index < -0.39 is 0 Å². The molecule has 0 saturated carbocycles. The molecular formula is C14H23N3O2. The summed E-state index contributed by atoms with van der Waals surface area (Å²) in [6.45, 7) is 8.97. The van der Waals surface area contributed by atoms with Crippen molar-refractivity contribution in [1.29, 1.82) is 0 Å². The zero-order valence-electron chi connectivity index (χ0n) is 11.8. The van der Waals surface area contributed by atoms with Crippen LogP contribution in [0.5, 0.6) is 0 Å². The average molecular weight is 265 g/mol. The minimum atomic E-state index is -0.104. The predicted molar refractivity (Wildman–Crippen MR) is 73.7 cm³/mol. The maximum Gasteiger partial charge on any atom is 0.239 e. The summed E-state index contributed by atoms with van der Waals surface area (Å²) in [4.78, 5) is 16.5. The van der Waals surface area contributed by atoms with Crippen LogP contribution in [-0.4, -0.2) is 54.5 Å². The second-order valence-electron chi connectivity index (χ2n) is 4.89. The molecule has 1 N–H and O–H groups in total. The van der Waals surface area contributed by atoms with Gasteiger partial charge < -0.3 is 14.6 Å². The summed E-state index contributed by atoms with van der Waals surface area (Å²) < 4.78 is 5.36. The second kappa shape index (κ2) is 6.73. The van der Waals surface area contributed by atoms with E-state index in [0.29, 0.717) is 6.54 Å². The molecule has 5 nitrogen and oxygen atoms in total. The van der Waals surface area contributed by atoms with Crippen LogP contribution >= 0.6 is 0 Å². The van der Waals surface area contributed by atoms with E-state index in [4.69, 9.17) is 4.42 Å². The van der Waals surface area contributed by atoms with Gasteiger partial charge in [-0.15, -0.1) is 0 Å². The summed E-state index contributed by atoms with van der Waals surface area (Å²) in [5, 5.41) is 3.27. The Kier molecular flexibility index (Phi) is 4.99. The predicted octanol–water partition coefficient (Wildman–Crippen LogP) is 0.922. The van der Waals surface area contributed by atoms with Crippen LogP contribution in [0.1, 0.15) is 19.6 Å². The van der Waals surface area contributed by atoms with Crippen molar-refractivity contribution in [2.24, 2.45) is 0 Å². The molecule has 1 aromatic heterocycles. The monoisotopic (exact) mass is 265 g/mol. The van der Waals surface area contributed by atoms with Crippen LogP contribution in [0.25, 0.3) is 0 Å². The highest BCUT2D eigenvalue weighted by Crippen LogP contribution is 2.11. The first-order valence-corrected chi connectivity index (χ1v) is 6.98. The molecule has 1 aliphatic rings. The molecule has 0 spiro atoms. The van der Waals surface area contributed by atoms with Crippen LogP contribution in [0.2, 0.25) is 0 Å². The van der Waals surface area contributed by atoms with Crippen LogP contribution in [-0.2, 0) is 11.3 Å². The van der Waals surface area contributed by atoms with E-state index in [-0.39, 0.29) is 11.9 Å². The van der Waals surface area contributed by atoms with Crippen molar-refractivity contribution in [3.63, 3.8) is 0 Å². The first-order chi connectivity index (χ1) is 9.22. The Balaban J connectivity index is 1.94. The van der Waals surface area contributed by atoms with Gasteiger partial charge in [-0.3, -0.25) is 9.69 Å². The van der Waals surface area contributed by atoms with E-state index in [1.807, 2.05) is 24.0 Å². The SMILES string of the molecule is CCN(Cc1ccco1)C(C)C(=O)N1CCNCC1. The van der Waals surface area contributed by atoms with Gasteiger partial charge in [-0.25, -0.2) is 0 Å². The molecule has 1 fully saturated rings. The van der Waals surface area contributed by atoms with E-state index in [0.717, 1.165) is 38.5 Å². The molecule has 1 aliphatic heterocycles. The number of rotatable bonds is 5. The Hall–Kier alpha value is -1.33. The first kappa shape index (κ1) is 14.1. The molecule has 5 heteroatoms. The Morgan fingerprint density at radius 2 is 2.26 bits per heavy atom. The van der Waals surface area contributed by atoms with Crippen molar-refractivity contribution in [2.75, 3.05) is 32.7 Å². The largest absolute Gasteiger partial charge is 0.468 e. The van der Waals surface area contributed by atoms with Crippen molar-refractivity contribution in [3.05, 3.63) is 24.2 Å². The molecule has 1 unspecified atom stereocenters. The van der Waals surface area contributed by atoms with Gasteiger partial charge >= 0.3 is 0 Å². The zero-order chi connectivity index (χ0) is 13.7. The van der Waals surface area contributed by atoms with Crippen molar-refractivity contribution in [2.45, 2.75) is 26.4 Å². The number of nitrogens with one attached hydrogen (secondary N) is 1. The number of amides is 1. The van der Waals surface area contributed by atoms with Gasteiger partial charge in [-0.05, 0) is 25.6 Å². The molecule has 106 valence electrons. The van der Waals surface area contributed by atoms with Crippen molar-refractivity contribution in [1.82, 2.24) is 15.1 Å². The van der Waals surface area contributed by atoms with Crippen LogP contribution < -0.4 is 5.32 Å². The first-order valence-electron chi connectivity index (χ1n) is 6.98. The van der Waals surface area contributed by atoms with Crippen molar-refractivity contribution < 1.29 is 9.21 Å². The van der Waals surface area contributed by atoms with Crippen LogP contribution in [0.15, 0.2) is 22.8 Å². The Morgan fingerprint density at radius 3 is 2.84 bits per heavy atom. The van der Waals surface area contributed by atoms with Gasteiger partial charge in [-0.2, -0.15) is 0 Å². The molecular weight excluding hydrogens is 242 g/mol. The Labute approximate surface area is 114 Å². The molecule has 2 rings (SSSR count). The van der Waals surface area contributed by atoms with Gasteiger partial charge in [0.1, 0.15) is 5.76 Å². The Bertz CT molecular complexity index is 385. The van der Waals surface area contributed by atoms with Gasteiger partial charge in [0.05, 0.1) is 18.8 Å². The molecule has 0 radical (unpaired) electrons. The lowest BCUT2D eigenvalue weighted by Gasteiger charge is -2.34. The standard InChI is InChI=1S/C14H23N3O2/c1-3-16(11-13-5-4-10-19-13)12(2)14(18)17-8-6-15-7-9-17/h4-5,10,12,15H,3,6-9,11H2,1-2H3. The highest BCUT2D eigenvalue weighted by Gasteiger charge is 2.26. The van der Waals surface area contributed by atoms with E-state index in [1.54, 1.807) is 6.26 Å². The third-order valence-corrected chi connectivity index (χ3v) is 3.68. The molecule has 0 aliphatic carbocycles. The number of nitrogens with zero attached hydrogens (tertiary/aromatic N) is 2. The van der Waals surface area contributed by atoms with Crippen molar-refractivity contribution >= 4 is 5.91 Å². The molecule has 19 heavy (non-hydrogen) atoms. The smallest absolute Gasteiger partial charge is 0.239 e. The van der Waals surface area contributed by atoms with Crippen molar-refractivity contribution in [3.8, 4) is 0 Å². The fourth-order valence-corrected chi connectivity index (χ4v) is 2.43. The number of carbonyl (C=O) groups excluding carboxylic acids is 1. The molecule has 1 saturated heterocycles. The molecule has 1 amide bonds. The zero-order valence-corrected chi connectivity index (χ0v) is 11.8. The van der Waals surface area contributed by atoms with Gasteiger partial charge in [0.2, 0.25) is 5.91 Å². The van der Waals surface area contributed by atoms with E-state index >= 15 is 0 Å². The summed E-state index contributed by atoms with van der Waals surface area (Å²) in [7, 11) is 0. The van der Waals surface area contributed by atoms with Gasteiger partial charge in [0, 0.05) is 26.2 Å². The number of hydrogen-bond acceptors (Lipinski definition) is 4. The molecule has 1 atom stereocenters. The van der Waals surface area contributed by atoms with E-state index in [2.05, 4.69) is 17.1 Å². The molecule has 2 heterocycles. The quantitative estimate of drug-likeness (QED) is 0.860. The minimum absolute atomic E-state index is 0.104. The topological polar surface area (TPSA) is 48.7 Å². The summed E-state index contributed by atoms with van der Waals surface area (Å²) in [5.41, 5.74) is 0. The summed E-state index contributed by atoms with van der Waals surface area (Å²) in [6.07, 6.45) is 1.67. The van der Waals surface area contributed by atoms with Crippen LogP contribution in [0.3, 0.4) is 0 Å². The summed E-state index contributed by atoms with van der Waals surface area (Å²) in [6, 6.07) is 3.73. The highest BCUT2D eigenvalue weighted by molar-refractivity contribution is 5.81. The molecule has 1 aromatic rings. The Morgan fingerprint density at radius 1 is 1.53 bits per heavy atom. The normalized spacial score (nSPS) is 17.7. The number of hydrogen-bond donors (Lipinski definition) is 1. The summed E-state index contributed by atoms with van der Waals surface area (Å²) >= 11 is 0. The summed E-state index contributed by atoms with van der Waals surface area (Å²) in [5.74, 6) is 1.12. The van der Waals surface area contributed by atoms with Crippen LogP contribution in [0.4, 0.5) is 0 Å². The molecule has 0 aromatic carbocycles.